The second-order valence-corrected chi connectivity index (χ2v) is 4.72. The first-order valence-corrected chi connectivity index (χ1v) is 6.47. The molecule has 1 aromatic carbocycles. The smallest absolute Gasteiger partial charge is 0.248 e. The maximum atomic E-state index is 11.9. The normalized spacial score (nSPS) is 18.7. The molecule has 1 aliphatic heterocycles. The maximum absolute atomic E-state index is 11.9. The van der Waals surface area contributed by atoms with Crippen molar-refractivity contribution in [2.75, 3.05) is 18.1 Å². The van der Waals surface area contributed by atoms with Gasteiger partial charge in [0.2, 0.25) is 11.8 Å². The molecule has 2 amide bonds. The second kappa shape index (κ2) is 6.04. The van der Waals surface area contributed by atoms with E-state index >= 15 is 0 Å². The third-order valence-corrected chi connectivity index (χ3v) is 3.17. The van der Waals surface area contributed by atoms with Crippen LogP contribution in [-0.4, -0.2) is 25.0 Å². The van der Waals surface area contributed by atoms with E-state index in [1.54, 1.807) is 36.1 Å². The molecule has 0 spiro atoms. The molecule has 5 nitrogen and oxygen atoms in total. The molecular weight excluding hydrogens is 268 g/mol. The average Bonchev–Trinajstić information content (AvgIpc) is 2.78. The summed E-state index contributed by atoms with van der Waals surface area (Å²) in [7, 11) is 0. The molecular formula is C13H15ClN2O3. The summed E-state index contributed by atoms with van der Waals surface area (Å²) in [6.45, 7) is 2.51. The predicted molar refractivity (Wildman–Crippen MR) is 71.7 cm³/mol. The third-order valence-electron chi connectivity index (χ3n) is 2.93. The molecule has 102 valence electrons. The first kappa shape index (κ1) is 13.8. The van der Waals surface area contributed by atoms with Crippen LogP contribution in [0, 0.1) is 5.92 Å². The lowest BCUT2D eigenvalue weighted by Crippen LogP contribution is -2.33. The van der Waals surface area contributed by atoms with Crippen molar-refractivity contribution in [3.8, 4) is 0 Å². The SMILES string of the molecule is CCONC(=O)[C@@H]1CC(=O)N(c2cccc(Cl)c2)C1. The highest BCUT2D eigenvalue weighted by atomic mass is 35.5. The zero-order chi connectivity index (χ0) is 13.8. The van der Waals surface area contributed by atoms with Crippen LogP contribution in [0.1, 0.15) is 13.3 Å². The number of amides is 2. The van der Waals surface area contributed by atoms with Gasteiger partial charge in [-0.05, 0) is 25.1 Å². The molecule has 2 rings (SSSR count). The van der Waals surface area contributed by atoms with Crippen LogP contribution in [0.25, 0.3) is 0 Å². The van der Waals surface area contributed by atoms with Crippen LogP contribution in [0.4, 0.5) is 5.69 Å². The molecule has 19 heavy (non-hydrogen) atoms. The first-order chi connectivity index (χ1) is 9.11. The Morgan fingerprint density at radius 3 is 3.05 bits per heavy atom. The highest BCUT2D eigenvalue weighted by molar-refractivity contribution is 6.30. The fourth-order valence-corrected chi connectivity index (χ4v) is 2.19. The lowest BCUT2D eigenvalue weighted by atomic mass is 10.1. The summed E-state index contributed by atoms with van der Waals surface area (Å²) >= 11 is 5.90. The Bertz CT molecular complexity index is 493. The van der Waals surface area contributed by atoms with Crippen LogP contribution >= 0.6 is 11.6 Å². The Kier molecular flexibility index (Phi) is 4.39. The Hall–Kier alpha value is -1.59. The van der Waals surface area contributed by atoms with Gasteiger partial charge < -0.3 is 4.90 Å². The van der Waals surface area contributed by atoms with Gasteiger partial charge in [0.15, 0.2) is 0 Å². The largest absolute Gasteiger partial charge is 0.312 e. The van der Waals surface area contributed by atoms with Crippen LogP contribution in [-0.2, 0) is 14.4 Å². The topological polar surface area (TPSA) is 58.6 Å². The number of hydrogen-bond acceptors (Lipinski definition) is 3. The summed E-state index contributed by atoms with van der Waals surface area (Å²) in [5, 5.41) is 0.563. The lowest BCUT2D eigenvalue weighted by Gasteiger charge is -2.16. The van der Waals surface area contributed by atoms with E-state index in [0.717, 1.165) is 0 Å². The van der Waals surface area contributed by atoms with Crippen LogP contribution in [0.2, 0.25) is 5.02 Å². The molecule has 1 heterocycles. The van der Waals surface area contributed by atoms with Gasteiger partial charge in [0.1, 0.15) is 0 Å². The van der Waals surface area contributed by atoms with E-state index < -0.39 is 5.92 Å². The minimum Gasteiger partial charge on any atom is -0.312 e. The third kappa shape index (κ3) is 3.24. The lowest BCUT2D eigenvalue weighted by molar-refractivity contribution is -0.137. The van der Waals surface area contributed by atoms with Gasteiger partial charge in [-0.25, -0.2) is 5.48 Å². The van der Waals surface area contributed by atoms with Crippen molar-refractivity contribution < 1.29 is 14.4 Å². The summed E-state index contributed by atoms with van der Waals surface area (Å²) in [5.74, 6) is -0.739. The zero-order valence-electron chi connectivity index (χ0n) is 10.6. The second-order valence-electron chi connectivity index (χ2n) is 4.28. The van der Waals surface area contributed by atoms with Crippen LogP contribution in [0.5, 0.6) is 0 Å². The number of carbonyl (C=O) groups excluding carboxylic acids is 2. The van der Waals surface area contributed by atoms with E-state index in [-0.39, 0.29) is 18.2 Å². The summed E-state index contributed by atoms with van der Waals surface area (Å²) < 4.78 is 0. The number of rotatable bonds is 4. The number of hydrogen-bond donors (Lipinski definition) is 1. The predicted octanol–water partition coefficient (Wildman–Crippen LogP) is 1.76. The molecule has 0 aliphatic carbocycles. The van der Waals surface area contributed by atoms with Gasteiger partial charge in [0, 0.05) is 23.7 Å². The van der Waals surface area contributed by atoms with E-state index in [4.69, 9.17) is 16.4 Å². The molecule has 0 radical (unpaired) electrons. The molecule has 1 N–H and O–H groups in total. The summed E-state index contributed by atoms with van der Waals surface area (Å²) in [4.78, 5) is 30.1. The Morgan fingerprint density at radius 2 is 2.37 bits per heavy atom. The standard InChI is InChI=1S/C13H15ClN2O3/c1-2-19-15-13(18)9-6-12(17)16(8-9)11-5-3-4-10(14)7-11/h3-5,7,9H,2,6,8H2,1H3,(H,15,18)/t9-/m1/s1. The number of anilines is 1. The minimum atomic E-state index is -0.391. The molecule has 1 saturated heterocycles. The molecule has 0 unspecified atom stereocenters. The van der Waals surface area contributed by atoms with Gasteiger partial charge in [-0.2, -0.15) is 0 Å². The molecule has 0 aromatic heterocycles. The minimum absolute atomic E-state index is 0.0843. The molecule has 6 heteroatoms. The van der Waals surface area contributed by atoms with Gasteiger partial charge in [0.05, 0.1) is 12.5 Å². The number of halogens is 1. The number of hydroxylamine groups is 1. The Morgan fingerprint density at radius 1 is 1.58 bits per heavy atom. The van der Waals surface area contributed by atoms with Crippen LogP contribution in [0.15, 0.2) is 24.3 Å². The van der Waals surface area contributed by atoms with E-state index in [0.29, 0.717) is 23.9 Å². The van der Waals surface area contributed by atoms with Gasteiger partial charge >= 0.3 is 0 Å². The molecule has 0 bridgehead atoms. The zero-order valence-corrected chi connectivity index (χ0v) is 11.3. The first-order valence-electron chi connectivity index (χ1n) is 6.09. The highest BCUT2D eigenvalue weighted by Crippen LogP contribution is 2.27. The van der Waals surface area contributed by atoms with Gasteiger partial charge in [-0.15, -0.1) is 0 Å². The average molecular weight is 283 g/mol. The van der Waals surface area contributed by atoms with Crippen molar-refractivity contribution in [2.24, 2.45) is 5.92 Å². The van der Waals surface area contributed by atoms with Gasteiger partial charge in [-0.3, -0.25) is 14.4 Å². The molecule has 1 fully saturated rings. The summed E-state index contributed by atoms with van der Waals surface area (Å²) in [6, 6.07) is 7.03. The monoisotopic (exact) mass is 282 g/mol. The number of nitrogens with one attached hydrogen (secondary N) is 1. The van der Waals surface area contributed by atoms with Crippen molar-refractivity contribution in [2.45, 2.75) is 13.3 Å². The quantitative estimate of drug-likeness (QED) is 0.856. The van der Waals surface area contributed by atoms with E-state index in [1.165, 1.54) is 0 Å². The van der Waals surface area contributed by atoms with Crippen molar-refractivity contribution in [1.82, 2.24) is 5.48 Å². The van der Waals surface area contributed by atoms with Gasteiger partial charge in [0.25, 0.3) is 0 Å². The van der Waals surface area contributed by atoms with Crippen LogP contribution in [0.3, 0.4) is 0 Å². The van der Waals surface area contributed by atoms with Crippen molar-refractivity contribution in [3.63, 3.8) is 0 Å². The number of nitrogens with zero attached hydrogens (tertiary/aromatic N) is 1. The fourth-order valence-electron chi connectivity index (χ4n) is 2.00. The van der Waals surface area contributed by atoms with E-state index in [9.17, 15) is 9.59 Å². The van der Waals surface area contributed by atoms with Crippen molar-refractivity contribution in [3.05, 3.63) is 29.3 Å². The molecule has 1 aliphatic rings. The summed E-state index contributed by atoms with van der Waals surface area (Å²) in [5.41, 5.74) is 3.05. The van der Waals surface area contributed by atoms with E-state index in [2.05, 4.69) is 5.48 Å². The van der Waals surface area contributed by atoms with Crippen molar-refractivity contribution in [1.29, 1.82) is 0 Å². The summed E-state index contributed by atoms with van der Waals surface area (Å²) in [6.07, 6.45) is 0.186. The fraction of sp³-hybridized carbons (Fsp3) is 0.385. The number of benzene rings is 1. The molecule has 0 saturated carbocycles. The Balaban J connectivity index is 2.05. The molecule has 1 aromatic rings. The maximum Gasteiger partial charge on any atom is 0.248 e. The molecule has 1 atom stereocenters. The van der Waals surface area contributed by atoms with Crippen LogP contribution < -0.4 is 10.4 Å². The van der Waals surface area contributed by atoms with Gasteiger partial charge in [-0.1, -0.05) is 17.7 Å². The number of carbonyl (C=O) groups is 2. The Labute approximate surface area is 116 Å². The van der Waals surface area contributed by atoms with E-state index in [1.807, 2.05) is 0 Å². The van der Waals surface area contributed by atoms with Crippen molar-refractivity contribution >= 4 is 29.1 Å². The highest BCUT2D eigenvalue weighted by Gasteiger charge is 2.35.